The Morgan fingerprint density at radius 2 is 1.80 bits per heavy atom. The van der Waals surface area contributed by atoms with E-state index >= 15 is 0 Å². The van der Waals surface area contributed by atoms with Crippen LogP contribution in [0.3, 0.4) is 0 Å². The first-order valence-electron chi connectivity index (χ1n) is 9.76. The first-order chi connectivity index (χ1) is 14.0. The zero-order valence-electron chi connectivity index (χ0n) is 18.1. The van der Waals surface area contributed by atoms with E-state index < -0.39 is 10.8 Å². The highest BCUT2D eigenvalue weighted by atomic mass is 16.6. The average Bonchev–Trinajstić information content (AvgIpc) is 2.65. The fourth-order valence-electron chi connectivity index (χ4n) is 3.51. The summed E-state index contributed by atoms with van der Waals surface area (Å²) in [6, 6.07) is 13.7. The third-order valence-corrected chi connectivity index (χ3v) is 4.46. The van der Waals surface area contributed by atoms with Gasteiger partial charge in [-0.25, -0.2) is 5.43 Å². The Hall–Kier alpha value is -3.22. The molecule has 0 aliphatic rings. The Morgan fingerprint density at radius 3 is 2.40 bits per heavy atom. The molecule has 0 saturated heterocycles. The molecule has 0 unspecified atom stereocenters. The Morgan fingerprint density at radius 1 is 1.13 bits per heavy atom. The first kappa shape index (κ1) is 23.1. The number of carbonyl (C=O) groups excluding carboxylic acids is 1. The summed E-state index contributed by atoms with van der Waals surface area (Å²) >= 11 is 0. The number of hydrazone groups is 1. The topological polar surface area (TPSA) is 93.8 Å². The molecule has 0 fully saturated rings. The van der Waals surface area contributed by atoms with Gasteiger partial charge in [-0.3, -0.25) is 14.9 Å². The molecule has 7 nitrogen and oxygen atoms in total. The molecule has 30 heavy (non-hydrogen) atoms. The molecule has 2 aromatic rings. The highest BCUT2D eigenvalue weighted by Crippen LogP contribution is 2.36. The van der Waals surface area contributed by atoms with Gasteiger partial charge in [0.1, 0.15) is 5.75 Å². The molecule has 0 radical (unpaired) electrons. The van der Waals surface area contributed by atoms with Crippen molar-refractivity contribution in [2.75, 3.05) is 6.61 Å². The minimum absolute atomic E-state index is 0.0371. The molecule has 0 aromatic heterocycles. The van der Waals surface area contributed by atoms with E-state index in [2.05, 4.69) is 45.1 Å². The summed E-state index contributed by atoms with van der Waals surface area (Å²) in [7, 11) is 0. The third-order valence-electron chi connectivity index (χ3n) is 4.46. The summed E-state index contributed by atoms with van der Waals surface area (Å²) < 4.78 is 5.51. The maximum atomic E-state index is 11.9. The molecule has 7 heteroatoms. The zero-order valence-corrected chi connectivity index (χ0v) is 18.1. The molecule has 0 aliphatic carbocycles. The van der Waals surface area contributed by atoms with E-state index in [0.29, 0.717) is 11.3 Å². The fraction of sp³-hybridized carbons (Fsp3) is 0.391. The van der Waals surface area contributed by atoms with Crippen molar-refractivity contribution >= 4 is 17.8 Å². The summed E-state index contributed by atoms with van der Waals surface area (Å²) in [5, 5.41) is 14.6. The lowest BCUT2D eigenvalue weighted by Crippen LogP contribution is -2.25. The minimum atomic E-state index is -0.487. The summed E-state index contributed by atoms with van der Waals surface area (Å²) in [5.74, 6) is 0.178. The maximum absolute atomic E-state index is 11.9. The van der Waals surface area contributed by atoms with Gasteiger partial charge in [-0.1, -0.05) is 58.9 Å². The van der Waals surface area contributed by atoms with Gasteiger partial charge in [-0.2, -0.15) is 5.10 Å². The van der Waals surface area contributed by atoms with Gasteiger partial charge in [-0.15, -0.1) is 0 Å². The molecular weight excluding hydrogens is 382 g/mol. The van der Waals surface area contributed by atoms with Crippen LogP contribution in [-0.2, 0) is 10.2 Å². The number of benzene rings is 2. The molecule has 160 valence electrons. The van der Waals surface area contributed by atoms with E-state index in [-0.39, 0.29) is 23.1 Å². The molecule has 0 bridgehead atoms. The Kier molecular flexibility index (Phi) is 7.32. The molecule has 0 spiro atoms. The van der Waals surface area contributed by atoms with Crippen LogP contribution in [0.15, 0.2) is 53.6 Å². The zero-order chi connectivity index (χ0) is 22.4. The number of amides is 1. The van der Waals surface area contributed by atoms with Crippen LogP contribution in [0, 0.1) is 15.5 Å². The SMILES string of the molecule is CC(C)(C)CC(C)(C)c1ccc(OCC(=O)NN=Cc2cccc([N+](=O)[O-])c2)cc1. The van der Waals surface area contributed by atoms with Gasteiger partial charge in [0.25, 0.3) is 11.6 Å². The van der Waals surface area contributed by atoms with Crippen LogP contribution in [0.25, 0.3) is 0 Å². The summed E-state index contributed by atoms with van der Waals surface area (Å²) in [5.41, 5.74) is 4.30. The normalized spacial score (nSPS) is 12.0. The van der Waals surface area contributed by atoms with E-state index in [1.807, 2.05) is 24.3 Å². The van der Waals surface area contributed by atoms with Gasteiger partial charge >= 0.3 is 0 Å². The number of non-ortho nitro benzene ring substituents is 1. The molecule has 1 N–H and O–H groups in total. The largest absolute Gasteiger partial charge is 0.484 e. The summed E-state index contributed by atoms with van der Waals surface area (Å²) in [4.78, 5) is 22.2. The number of nitro benzene ring substituents is 1. The molecule has 1 amide bonds. The number of carbonyl (C=O) groups is 1. The molecule has 0 saturated carbocycles. The lowest BCUT2D eigenvalue weighted by molar-refractivity contribution is -0.384. The number of hydrogen-bond acceptors (Lipinski definition) is 5. The number of nitrogens with zero attached hydrogens (tertiary/aromatic N) is 2. The van der Waals surface area contributed by atoms with Crippen LogP contribution in [0.4, 0.5) is 5.69 Å². The van der Waals surface area contributed by atoms with Crippen molar-refractivity contribution in [3.8, 4) is 5.75 Å². The predicted molar refractivity (Wildman–Crippen MR) is 118 cm³/mol. The van der Waals surface area contributed by atoms with Gasteiger partial charge in [0.2, 0.25) is 0 Å². The Labute approximate surface area is 177 Å². The van der Waals surface area contributed by atoms with Crippen LogP contribution in [0.5, 0.6) is 5.75 Å². The first-order valence-corrected chi connectivity index (χ1v) is 9.76. The molecule has 0 heterocycles. The third kappa shape index (κ3) is 7.31. The number of ether oxygens (including phenoxy) is 1. The maximum Gasteiger partial charge on any atom is 0.277 e. The van der Waals surface area contributed by atoms with E-state index in [9.17, 15) is 14.9 Å². The van der Waals surface area contributed by atoms with Crippen molar-refractivity contribution in [1.29, 1.82) is 0 Å². The standard InChI is InChI=1S/C23H29N3O4/c1-22(2,3)16-23(4,5)18-9-11-20(12-10-18)30-15-21(27)25-24-14-17-7-6-8-19(13-17)26(28)29/h6-14H,15-16H2,1-5H3,(H,25,27). The van der Waals surface area contributed by atoms with E-state index in [1.165, 1.54) is 23.9 Å². The van der Waals surface area contributed by atoms with Crippen molar-refractivity contribution in [2.45, 2.75) is 46.5 Å². The van der Waals surface area contributed by atoms with Crippen LogP contribution >= 0.6 is 0 Å². The van der Waals surface area contributed by atoms with Crippen LogP contribution in [0.1, 0.15) is 52.2 Å². The number of nitrogens with one attached hydrogen (secondary N) is 1. The van der Waals surface area contributed by atoms with Crippen molar-refractivity contribution in [3.63, 3.8) is 0 Å². The summed E-state index contributed by atoms with van der Waals surface area (Å²) in [6.07, 6.45) is 2.39. The molecule has 0 aliphatic heterocycles. The smallest absolute Gasteiger partial charge is 0.277 e. The molecular formula is C23H29N3O4. The van der Waals surface area contributed by atoms with Gasteiger partial charge in [0.15, 0.2) is 6.61 Å². The minimum Gasteiger partial charge on any atom is -0.484 e. The second-order valence-corrected chi connectivity index (χ2v) is 9.08. The van der Waals surface area contributed by atoms with Gasteiger partial charge < -0.3 is 4.74 Å². The highest BCUT2D eigenvalue weighted by molar-refractivity contribution is 5.83. The molecule has 2 aromatic carbocycles. The summed E-state index contributed by atoms with van der Waals surface area (Å²) in [6.45, 7) is 10.9. The van der Waals surface area contributed by atoms with Gasteiger partial charge in [0, 0.05) is 17.7 Å². The van der Waals surface area contributed by atoms with Crippen LogP contribution in [0.2, 0.25) is 0 Å². The Balaban J connectivity index is 1.86. The molecule has 2 rings (SSSR count). The second-order valence-electron chi connectivity index (χ2n) is 9.08. The van der Waals surface area contributed by atoms with Crippen molar-refractivity contribution in [2.24, 2.45) is 10.5 Å². The number of nitro groups is 1. The lowest BCUT2D eigenvalue weighted by Gasteiger charge is -2.33. The highest BCUT2D eigenvalue weighted by Gasteiger charge is 2.27. The van der Waals surface area contributed by atoms with Gasteiger partial charge in [-0.05, 0) is 34.9 Å². The monoisotopic (exact) mass is 411 g/mol. The van der Waals surface area contributed by atoms with Crippen molar-refractivity contribution < 1.29 is 14.5 Å². The van der Waals surface area contributed by atoms with E-state index in [0.717, 1.165) is 6.42 Å². The fourth-order valence-corrected chi connectivity index (χ4v) is 3.51. The molecule has 0 atom stereocenters. The van der Waals surface area contributed by atoms with Crippen molar-refractivity contribution in [1.82, 2.24) is 5.43 Å². The second kappa shape index (κ2) is 9.52. The van der Waals surface area contributed by atoms with Crippen molar-refractivity contribution in [3.05, 3.63) is 69.8 Å². The number of hydrogen-bond donors (Lipinski definition) is 1. The van der Waals surface area contributed by atoms with Gasteiger partial charge in [0.05, 0.1) is 11.1 Å². The van der Waals surface area contributed by atoms with E-state index in [1.54, 1.807) is 12.1 Å². The Bertz CT molecular complexity index is 913. The average molecular weight is 412 g/mol. The van der Waals surface area contributed by atoms with Crippen LogP contribution in [-0.4, -0.2) is 23.7 Å². The quantitative estimate of drug-likeness (QED) is 0.382. The number of rotatable bonds is 8. The van der Waals surface area contributed by atoms with E-state index in [4.69, 9.17) is 4.74 Å². The van der Waals surface area contributed by atoms with Crippen LogP contribution < -0.4 is 10.2 Å². The lowest BCUT2D eigenvalue weighted by atomic mass is 9.72. The predicted octanol–water partition coefficient (Wildman–Crippen LogP) is 4.84.